The quantitative estimate of drug-likeness (QED) is 0.860. The zero-order chi connectivity index (χ0) is 14.1. The highest BCUT2D eigenvalue weighted by Crippen LogP contribution is 2.39. The second-order valence-electron chi connectivity index (χ2n) is 5.87. The Morgan fingerprint density at radius 2 is 2.15 bits per heavy atom. The first-order valence-corrected chi connectivity index (χ1v) is 8.23. The van der Waals surface area contributed by atoms with Gasteiger partial charge >= 0.3 is 0 Å². The number of amides is 1. The van der Waals surface area contributed by atoms with Crippen LogP contribution < -0.4 is 5.32 Å². The van der Waals surface area contributed by atoms with Crippen molar-refractivity contribution in [2.24, 2.45) is 5.92 Å². The largest absolute Gasteiger partial charge is 0.374 e. The number of hydrogen-bond acceptors (Lipinski definition) is 3. The Morgan fingerprint density at radius 1 is 1.35 bits per heavy atom. The molecule has 108 valence electrons. The highest BCUT2D eigenvalue weighted by Gasteiger charge is 2.44. The van der Waals surface area contributed by atoms with Crippen LogP contribution in [0, 0.1) is 5.92 Å². The number of hydrogen-bond donors (Lipinski definition) is 1. The van der Waals surface area contributed by atoms with E-state index in [2.05, 4.69) is 25.2 Å². The van der Waals surface area contributed by atoms with Gasteiger partial charge in [-0.05, 0) is 31.4 Å². The van der Waals surface area contributed by atoms with Gasteiger partial charge < -0.3 is 10.1 Å². The van der Waals surface area contributed by atoms with E-state index < -0.39 is 0 Å². The van der Waals surface area contributed by atoms with Crippen LogP contribution in [0.3, 0.4) is 0 Å². The molecule has 3 nitrogen and oxygen atoms in total. The molecule has 2 aliphatic heterocycles. The SMILES string of the molecule is CC(C)Sc1ccccc1NC(=O)C1CC2CCC1O2. The molecule has 20 heavy (non-hydrogen) atoms. The van der Waals surface area contributed by atoms with Crippen molar-refractivity contribution < 1.29 is 9.53 Å². The zero-order valence-electron chi connectivity index (χ0n) is 12.0. The minimum absolute atomic E-state index is 0.0332. The summed E-state index contributed by atoms with van der Waals surface area (Å²) in [5, 5.41) is 3.60. The van der Waals surface area contributed by atoms with Gasteiger partial charge in [-0.15, -0.1) is 11.8 Å². The number of ether oxygens (including phenoxy) is 1. The third-order valence-electron chi connectivity index (χ3n) is 3.95. The van der Waals surface area contributed by atoms with Gasteiger partial charge in [-0.3, -0.25) is 4.79 Å². The van der Waals surface area contributed by atoms with Crippen LogP contribution in [-0.4, -0.2) is 23.4 Å². The van der Waals surface area contributed by atoms with Gasteiger partial charge in [0.1, 0.15) is 0 Å². The topological polar surface area (TPSA) is 38.3 Å². The van der Waals surface area contributed by atoms with E-state index in [4.69, 9.17) is 4.74 Å². The van der Waals surface area contributed by atoms with E-state index in [0.29, 0.717) is 11.4 Å². The van der Waals surface area contributed by atoms with Crippen LogP contribution in [0.4, 0.5) is 5.69 Å². The third-order valence-corrected chi connectivity index (χ3v) is 5.03. The summed E-state index contributed by atoms with van der Waals surface area (Å²) in [6.07, 6.45) is 3.50. The smallest absolute Gasteiger partial charge is 0.230 e. The molecule has 1 aromatic carbocycles. The van der Waals surface area contributed by atoms with Crippen molar-refractivity contribution in [1.82, 2.24) is 0 Å². The van der Waals surface area contributed by atoms with Gasteiger partial charge in [0.2, 0.25) is 5.91 Å². The van der Waals surface area contributed by atoms with E-state index in [1.54, 1.807) is 11.8 Å². The van der Waals surface area contributed by atoms with Crippen molar-refractivity contribution >= 4 is 23.4 Å². The Kier molecular flexibility index (Phi) is 4.03. The molecule has 2 heterocycles. The fraction of sp³-hybridized carbons (Fsp3) is 0.562. The van der Waals surface area contributed by atoms with E-state index in [1.165, 1.54) is 0 Å². The fourth-order valence-corrected chi connectivity index (χ4v) is 3.98. The molecule has 2 fully saturated rings. The van der Waals surface area contributed by atoms with E-state index in [1.807, 2.05) is 18.2 Å². The number of para-hydroxylation sites is 1. The van der Waals surface area contributed by atoms with Crippen molar-refractivity contribution in [2.75, 3.05) is 5.32 Å². The molecule has 3 atom stereocenters. The fourth-order valence-electron chi connectivity index (χ4n) is 3.07. The Labute approximate surface area is 124 Å². The Bertz CT molecular complexity index is 503. The van der Waals surface area contributed by atoms with Crippen LogP contribution in [0.15, 0.2) is 29.2 Å². The molecule has 4 heteroatoms. The number of anilines is 1. The van der Waals surface area contributed by atoms with Gasteiger partial charge in [0.25, 0.3) is 0 Å². The number of benzene rings is 1. The van der Waals surface area contributed by atoms with Crippen molar-refractivity contribution in [3.05, 3.63) is 24.3 Å². The lowest BCUT2D eigenvalue weighted by atomic mass is 9.88. The number of fused-ring (bicyclic) bond motifs is 2. The van der Waals surface area contributed by atoms with E-state index in [9.17, 15) is 4.79 Å². The normalized spacial score (nSPS) is 28.1. The predicted molar refractivity (Wildman–Crippen MR) is 82.1 cm³/mol. The molecule has 1 aromatic rings. The minimum atomic E-state index is 0.0332. The van der Waals surface area contributed by atoms with Gasteiger partial charge in [-0.2, -0.15) is 0 Å². The number of nitrogens with one attached hydrogen (secondary N) is 1. The first kappa shape index (κ1) is 14.0. The molecule has 0 radical (unpaired) electrons. The summed E-state index contributed by atoms with van der Waals surface area (Å²) in [7, 11) is 0. The maximum absolute atomic E-state index is 12.4. The highest BCUT2D eigenvalue weighted by molar-refractivity contribution is 8.00. The van der Waals surface area contributed by atoms with E-state index >= 15 is 0 Å². The van der Waals surface area contributed by atoms with Crippen LogP contribution >= 0.6 is 11.8 Å². The second-order valence-corrected chi connectivity index (χ2v) is 7.49. The van der Waals surface area contributed by atoms with E-state index in [0.717, 1.165) is 29.8 Å². The summed E-state index contributed by atoms with van der Waals surface area (Å²) in [6.45, 7) is 4.32. The summed E-state index contributed by atoms with van der Waals surface area (Å²) < 4.78 is 5.77. The first-order valence-electron chi connectivity index (χ1n) is 7.35. The molecule has 2 saturated heterocycles. The maximum Gasteiger partial charge on any atom is 0.230 e. The summed E-state index contributed by atoms with van der Waals surface area (Å²) >= 11 is 1.78. The lowest BCUT2D eigenvalue weighted by Crippen LogP contribution is -2.30. The van der Waals surface area contributed by atoms with Crippen LogP contribution in [0.5, 0.6) is 0 Å². The molecule has 0 aromatic heterocycles. The van der Waals surface area contributed by atoms with Crippen LogP contribution in [0.25, 0.3) is 0 Å². The molecule has 3 unspecified atom stereocenters. The molecule has 0 saturated carbocycles. The van der Waals surface area contributed by atoms with Crippen molar-refractivity contribution in [3.63, 3.8) is 0 Å². The minimum Gasteiger partial charge on any atom is -0.374 e. The van der Waals surface area contributed by atoms with Crippen LogP contribution in [-0.2, 0) is 9.53 Å². The van der Waals surface area contributed by atoms with Crippen LogP contribution in [0.1, 0.15) is 33.1 Å². The molecule has 3 rings (SSSR count). The van der Waals surface area contributed by atoms with Crippen molar-refractivity contribution in [2.45, 2.75) is 55.5 Å². The molecular formula is C16H21NO2S. The van der Waals surface area contributed by atoms with Gasteiger partial charge in [0.15, 0.2) is 0 Å². The predicted octanol–water partition coefficient (Wildman–Crippen LogP) is 3.69. The Morgan fingerprint density at radius 3 is 2.80 bits per heavy atom. The second kappa shape index (κ2) is 5.78. The number of thioether (sulfide) groups is 1. The molecule has 0 aliphatic carbocycles. The van der Waals surface area contributed by atoms with Crippen LogP contribution in [0.2, 0.25) is 0 Å². The summed E-state index contributed by atoms with van der Waals surface area (Å²) in [6, 6.07) is 8.03. The molecule has 1 amide bonds. The molecule has 2 aliphatic rings. The summed E-state index contributed by atoms with van der Waals surface area (Å²) in [4.78, 5) is 13.6. The average Bonchev–Trinajstić information content (AvgIpc) is 3.02. The lowest BCUT2D eigenvalue weighted by molar-refractivity contribution is -0.121. The lowest BCUT2D eigenvalue weighted by Gasteiger charge is -2.19. The van der Waals surface area contributed by atoms with Crippen molar-refractivity contribution in [1.29, 1.82) is 0 Å². The monoisotopic (exact) mass is 291 g/mol. The third kappa shape index (κ3) is 2.86. The molecule has 1 N–H and O–H groups in total. The standard InChI is InChI=1S/C16H21NO2S/c1-10(2)20-15-6-4-3-5-13(15)17-16(18)12-9-11-7-8-14(12)19-11/h3-6,10-12,14H,7-9H2,1-2H3,(H,17,18). The number of carbonyl (C=O) groups is 1. The zero-order valence-corrected chi connectivity index (χ0v) is 12.8. The average molecular weight is 291 g/mol. The van der Waals surface area contributed by atoms with Gasteiger partial charge in [0, 0.05) is 10.1 Å². The Hall–Kier alpha value is -1.00. The van der Waals surface area contributed by atoms with E-state index in [-0.39, 0.29) is 17.9 Å². The maximum atomic E-state index is 12.4. The van der Waals surface area contributed by atoms with Gasteiger partial charge in [-0.25, -0.2) is 0 Å². The van der Waals surface area contributed by atoms with Gasteiger partial charge in [-0.1, -0.05) is 26.0 Å². The molecule has 0 spiro atoms. The molecule has 2 bridgehead atoms. The number of rotatable bonds is 4. The molecular weight excluding hydrogens is 270 g/mol. The summed E-state index contributed by atoms with van der Waals surface area (Å²) in [5.41, 5.74) is 0.930. The Balaban J connectivity index is 1.70. The summed E-state index contributed by atoms with van der Waals surface area (Å²) in [5.74, 6) is 0.153. The number of carbonyl (C=O) groups excluding carboxylic acids is 1. The highest BCUT2D eigenvalue weighted by atomic mass is 32.2. The van der Waals surface area contributed by atoms with Gasteiger partial charge in [0.05, 0.1) is 23.8 Å². The first-order chi connectivity index (χ1) is 9.63. The van der Waals surface area contributed by atoms with Crippen molar-refractivity contribution in [3.8, 4) is 0 Å².